The molecule has 1 amide bonds. The van der Waals surface area contributed by atoms with Gasteiger partial charge in [0.05, 0.1) is 13.2 Å². The number of ether oxygens (including phenoxy) is 2. The van der Waals surface area contributed by atoms with Crippen LogP contribution in [-0.4, -0.2) is 48.1 Å². The fourth-order valence-corrected chi connectivity index (χ4v) is 3.09. The molecule has 0 bridgehead atoms. The molecule has 2 heterocycles. The summed E-state index contributed by atoms with van der Waals surface area (Å²) in [6.45, 7) is 1.88. The molecule has 0 saturated carbocycles. The maximum absolute atomic E-state index is 13.0. The fourth-order valence-electron chi connectivity index (χ4n) is 3.09. The van der Waals surface area contributed by atoms with E-state index in [0.29, 0.717) is 48.9 Å². The molecular formula is C22H20N2O5. The van der Waals surface area contributed by atoms with Gasteiger partial charge in [-0.3, -0.25) is 4.79 Å². The monoisotopic (exact) mass is 392 g/mol. The predicted octanol–water partition coefficient (Wildman–Crippen LogP) is 2.98. The highest BCUT2D eigenvalue weighted by atomic mass is 16.5. The van der Waals surface area contributed by atoms with E-state index in [2.05, 4.69) is 4.98 Å². The van der Waals surface area contributed by atoms with E-state index in [-0.39, 0.29) is 5.91 Å². The van der Waals surface area contributed by atoms with Gasteiger partial charge in [-0.15, -0.1) is 0 Å². The number of morpholine rings is 1. The van der Waals surface area contributed by atoms with Crippen molar-refractivity contribution in [3.63, 3.8) is 0 Å². The van der Waals surface area contributed by atoms with Gasteiger partial charge in [0.1, 0.15) is 5.52 Å². The van der Waals surface area contributed by atoms with Crippen LogP contribution >= 0.6 is 0 Å². The smallest absolute Gasteiger partial charge is 0.332 e. The molecule has 0 spiro atoms. The number of fused-ring (bicyclic) bond motifs is 1. The third kappa shape index (κ3) is 4.52. The summed E-state index contributed by atoms with van der Waals surface area (Å²) in [5.74, 6) is -0.621. The Kier molecular flexibility index (Phi) is 5.67. The summed E-state index contributed by atoms with van der Waals surface area (Å²) in [5, 5.41) is 0. The van der Waals surface area contributed by atoms with Gasteiger partial charge in [-0.25, -0.2) is 9.78 Å². The Bertz CT molecular complexity index is 989. The number of aromatic nitrogens is 1. The third-order valence-corrected chi connectivity index (χ3v) is 4.56. The van der Waals surface area contributed by atoms with Gasteiger partial charge in [0.25, 0.3) is 5.91 Å². The quantitative estimate of drug-likeness (QED) is 0.490. The number of esters is 1. The minimum atomic E-state index is -1.02. The molecule has 0 radical (unpaired) electrons. The van der Waals surface area contributed by atoms with Crippen molar-refractivity contribution in [3.05, 3.63) is 72.1 Å². The van der Waals surface area contributed by atoms with Crippen LogP contribution in [0.2, 0.25) is 0 Å². The molecule has 1 aliphatic rings. The van der Waals surface area contributed by atoms with E-state index in [1.807, 2.05) is 24.3 Å². The van der Waals surface area contributed by atoms with Crippen LogP contribution in [0.25, 0.3) is 17.2 Å². The van der Waals surface area contributed by atoms with Crippen molar-refractivity contribution in [3.8, 4) is 0 Å². The Hall–Kier alpha value is -3.45. The zero-order valence-corrected chi connectivity index (χ0v) is 15.7. The number of oxazole rings is 1. The molecule has 1 aromatic heterocycles. The lowest BCUT2D eigenvalue weighted by atomic mass is 10.1. The Morgan fingerprint density at radius 1 is 1.03 bits per heavy atom. The second kappa shape index (κ2) is 8.70. The molecule has 7 heteroatoms. The van der Waals surface area contributed by atoms with Crippen LogP contribution < -0.4 is 0 Å². The minimum absolute atomic E-state index is 0.261. The largest absolute Gasteiger partial charge is 0.444 e. The summed E-state index contributed by atoms with van der Waals surface area (Å²) < 4.78 is 16.4. The molecule has 4 rings (SSSR count). The van der Waals surface area contributed by atoms with Crippen molar-refractivity contribution >= 4 is 29.1 Å². The molecule has 148 valence electrons. The van der Waals surface area contributed by atoms with E-state index < -0.39 is 12.1 Å². The number of carbonyl (C=O) groups is 2. The number of rotatable bonds is 5. The fraction of sp³-hybridized carbons (Fsp3) is 0.227. The third-order valence-electron chi connectivity index (χ3n) is 4.56. The van der Waals surface area contributed by atoms with Crippen molar-refractivity contribution in [1.29, 1.82) is 0 Å². The summed E-state index contributed by atoms with van der Waals surface area (Å²) in [5.41, 5.74) is 1.95. The summed E-state index contributed by atoms with van der Waals surface area (Å²) in [6.07, 6.45) is 1.63. The Balaban J connectivity index is 1.50. The summed E-state index contributed by atoms with van der Waals surface area (Å²) >= 11 is 0. The van der Waals surface area contributed by atoms with E-state index in [4.69, 9.17) is 13.9 Å². The van der Waals surface area contributed by atoms with E-state index >= 15 is 0 Å². The first kappa shape index (κ1) is 18.9. The number of amides is 1. The zero-order valence-electron chi connectivity index (χ0n) is 15.7. The molecule has 3 aromatic rings. The van der Waals surface area contributed by atoms with Crippen molar-refractivity contribution < 1.29 is 23.5 Å². The molecule has 2 aromatic carbocycles. The van der Waals surface area contributed by atoms with Crippen LogP contribution in [-0.2, 0) is 19.1 Å². The highest BCUT2D eigenvalue weighted by Crippen LogP contribution is 2.22. The second-order valence-electron chi connectivity index (χ2n) is 6.52. The lowest BCUT2D eigenvalue weighted by Gasteiger charge is -2.30. The van der Waals surface area contributed by atoms with Gasteiger partial charge in [0.15, 0.2) is 5.58 Å². The Labute approximate surface area is 167 Å². The van der Waals surface area contributed by atoms with E-state index in [0.717, 1.165) is 0 Å². The van der Waals surface area contributed by atoms with Crippen LogP contribution in [0, 0.1) is 0 Å². The van der Waals surface area contributed by atoms with Crippen molar-refractivity contribution in [2.24, 2.45) is 0 Å². The van der Waals surface area contributed by atoms with Crippen LogP contribution in [0.5, 0.6) is 0 Å². The number of carbonyl (C=O) groups excluding carboxylic acids is 2. The first-order valence-electron chi connectivity index (χ1n) is 9.36. The second-order valence-corrected chi connectivity index (χ2v) is 6.52. The highest BCUT2D eigenvalue weighted by molar-refractivity contribution is 5.91. The predicted molar refractivity (Wildman–Crippen MR) is 106 cm³/mol. The van der Waals surface area contributed by atoms with Gasteiger partial charge in [-0.05, 0) is 12.1 Å². The Morgan fingerprint density at radius 3 is 2.52 bits per heavy atom. The molecule has 0 unspecified atom stereocenters. The van der Waals surface area contributed by atoms with E-state index in [1.165, 1.54) is 12.2 Å². The van der Waals surface area contributed by atoms with Crippen molar-refractivity contribution in [2.75, 3.05) is 26.3 Å². The van der Waals surface area contributed by atoms with Gasteiger partial charge in [0, 0.05) is 30.8 Å². The molecule has 0 aliphatic carbocycles. The standard InChI is InChI=1S/C22H20N2O5/c25-20(11-10-19-23-17-8-4-5-9-18(17)28-19)29-21(16-6-2-1-3-7-16)22(26)24-12-14-27-15-13-24/h1-11,21H,12-15H2/b11-10+/t21-/m1/s1. The van der Waals surface area contributed by atoms with E-state index in [9.17, 15) is 9.59 Å². The number of hydrogen-bond donors (Lipinski definition) is 0. The number of benzene rings is 2. The first-order chi connectivity index (χ1) is 14.2. The number of nitrogens with zero attached hydrogens (tertiary/aromatic N) is 2. The zero-order chi connectivity index (χ0) is 20.1. The number of hydrogen-bond acceptors (Lipinski definition) is 6. The maximum atomic E-state index is 13.0. The van der Waals surface area contributed by atoms with E-state index in [1.54, 1.807) is 35.2 Å². The molecular weight excluding hydrogens is 372 g/mol. The lowest BCUT2D eigenvalue weighted by molar-refractivity contribution is -0.159. The molecule has 7 nitrogen and oxygen atoms in total. The number of para-hydroxylation sites is 2. The first-order valence-corrected chi connectivity index (χ1v) is 9.36. The summed E-state index contributed by atoms with van der Waals surface area (Å²) in [7, 11) is 0. The molecule has 1 fully saturated rings. The molecule has 29 heavy (non-hydrogen) atoms. The normalized spacial score (nSPS) is 15.5. The average molecular weight is 392 g/mol. The van der Waals surface area contributed by atoms with Gasteiger partial charge in [-0.1, -0.05) is 42.5 Å². The van der Waals surface area contributed by atoms with Crippen molar-refractivity contribution in [2.45, 2.75) is 6.10 Å². The molecule has 1 atom stereocenters. The molecule has 1 saturated heterocycles. The molecule has 1 aliphatic heterocycles. The Morgan fingerprint density at radius 2 is 1.76 bits per heavy atom. The van der Waals surface area contributed by atoms with Gasteiger partial charge < -0.3 is 18.8 Å². The minimum Gasteiger partial charge on any atom is -0.444 e. The summed E-state index contributed by atoms with van der Waals surface area (Å²) in [6, 6.07) is 16.3. The van der Waals surface area contributed by atoms with Crippen LogP contribution in [0.15, 0.2) is 65.1 Å². The van der Waals surface area contributed by atoms with Crippen molar-refractivity contribution in [1.82, 2.24) is 9.88 Å². The SMILES string of the molecule is O=C(/C=C/c1nc2ccccc2o1)O[C@@H](C(=O)N1CCOCC1)c1ccccc1. The van der Waals surface area contributed by atoms with Crippen LogP contribution in [0.4, 0.5) is 0 Å². The lowest BCUT2D eigenvalue weighted by Crippen LogP contribution is -2.44. The average Bonchev–Trinajstić information content (AvgIpc) is 3.20. The van der Waals surface area contributed by atoms with Crippen LogP contribution in [0.1, 0.15) is 17.6 Å². The van der Waals surface area contributed by atoms with Gasteiger partial charge >= 0.3 is 5.97 Å². The highest BCUT2D eigenvalue weighted by Gasteiger charge is 2.30. The summed E-state index contributed by atoms with van der Waals surface area (Å²) in [4.78, 5) is 31.3. The maximum Gasteiger partial charge on any atom is 0.332 e. The topological polar surface area (TPSA) is 81.9 Å². The van der Waals surface area contributed by atoms with Gasteiger partial charge in [-0.2, -0.15) is 0 Å². The van der Waals surface area contributed by atoms with Gasteiger partial charge in [0.2, 0.25) is 12.0 Å². The molecule has 0 N–H and O–H groups in total. The van der Waals surface area contributed by atoms with Crippen LogP contribution in [0.3, 0.4) is 0 Å².